The molecule has 0 aliphatic rings. The van der Waals surface area contributed by atoms with E-state index in [1.54, 1.807) is 48.5 Å². The van der Waals surface area contributed by atoms with Gasteiger partial charge in [-0.25, -0.2) is 4.39 Å². The molecule has 31 heavy (non-hydrogen) atoms. The highest BCUT2D eigenvalue weighted by atomic mass is 19.1. The molecule has 0 saturated carbocycles. The Morgan fingerprint density at radius 3 is 2.32 bits per heavy atom. The maximum absolute atomic E-state index is 13.0. The summed E-state index contributed by atoms with van der Waals surface area (Å²) in [5.74, 6) is 0.0500. The van der Waals surface area contributed by atoms with Crippen molar-refractivity contribution in [3.05, 3.63) is 66.5 Å². The molecule has 0 aliphatic carbocycles. The van der Waals surface area contributed by atoms with E-state index in [2.05, 4.69) is 20.8 Å². The van der Waals surface area contributed by atoms with Gasteiger partial charge in [-0.1, -0.05) is 0 Å². The predicted octanol–water partition coefficient (Wildman–Crippen LogP) is 2.82. The van der Waals surface area contributed by atoms with Gasteiger partial charge in [0.15, 0.2) is 6.61 Å². The number of amides is 2. The van der Waals surface area contributed by atoms with Crippen LogP contribution in [0, 0.1) is 5.82 Å². The van der Waals surface area contributed by atoms with Gasteiger partial charge in [0.1, 0.15) is 18.2 Å². The van der Waals surface area contributed by atoms with Crippen molar-refractivity contribution in [3.8, 4) is 22.9 Å². The van der Waals surface area contributed by atoms with E-state index in [4.69, 9.17) is 9.47 Å². The number of carbonyl (C=O) groups is 2. The van der Waals surface area contributed by atoms with Crippen molar-refractivity contribution in [1.29, 1.82) is 0 Å². The van der Waals surface area contributed by atoms with Gasteiger partial charge >= 0.3 is 0 Å². The molecule has 0 bridgehead atoms. The van der Waals surface area contributed by atoms with Gasteiger partial charge in [-0.3, -0.25) is 9.59 Å². The minimum Gasteiger partial charge on any atom is -0.484 e. The standard InChI is InChI=1S/C22H21FN4O4/c1-15(28)25-18-6-8-19(9-7-18)31-14-21(29)24-12-13-30-22-11-10-20(26-27-22)16-2-4-17(23)5-3-16/h2-11H,12-14H2,1H3,(H,24,29)(H,25,28). The van der Waals surface area contributed by atoms with Crippen molar-refractivity contribution < 1.29 is 23.5 Å². The predicted molar refractivity (Wildman–Crippen MR) is 112 cm³/mol. The minimum atomic E-state index is -0.316. The third-order valence-electron chi connectivity index (χ3n) is 4.00. The molecular weight excluding hydrogens is 403 g/mol. The summed E-state index contributed by atoms with van der Waals surface area (Å²) in [5, 5.41) is 13.3. The lowest BCUT2D eigenvalue weighted by Crippen LogP contribution is -2.32. The first-order chi connectivity index (χ1) is 15.0. The van der Waals surface area contributed by atoms with E-state index in [0.717, 1.165) is 5.56 Å². The Labute approximate surface area is 178 Å². The normalized spacial score (nSPS) is 10.3. The summed E-state index contributed by atoms with van der Waals surface area (Å²) in [6.07, 6.45) is 0. The minimum absolute atomic E-state index is 0.147. The zero-order valence-corrected chi connectivity index (χ0v) is 16.8. The fourth-order valence-corrected chi connectivity index (χ4v) is 2.56. The summed E-state index contributed by atoms with van der Waals surface area (Å²) in [6, 6.07) is 16.0. The van der Waals surface area contributed by atoms with Crippen molar-refractivity contribution in [2.45, 2.75) is 6.92 Å². The number of carbonyl (C=O) groups excluding carboxylic acids is 2. The Bertz CT molecular complexity index is 1010. The van der Waals surface area contributed by atoms with Crippen LogP contribution in [0.2, 0.25) is 0 Å². The van der Waals surface area contributed by atoms with Crippen molar-refractivity contribution in [2.75, 3.05) is 25.1 Å². The second-order valence-electron chi connectivity index (χ2n) is 6.46. The molecule has 0 aliphatic heterocycles. The summed E-state index contributed by atoms with van der Waals surface area (Å²) >= 11 is 0. The zero-order chi connectivity index (χ0) is 22.1. The van der Waals surface area contributed by atoms with E-state index < -0.39 is 0 Å². The molecule has 3 rings (SSSR count). The van der Waals surface area contributed by atoms with Crippen molar-refractivity contribution in [1.82, 2.24) is 15.5 Å². The van der Waals surface area contributed by atoms with E-state index in [1.165, 1.54) is 19.1 Å². The van der Waals surface area contributed by atoms with Gasteiger partial charge in [-0.05, 0) is 54.6 Å². The lowest BCUT2D eigenvalue weighted by Gasteiger charge is -2.09. The summed E-state index contributed by atoms with van der Waals surface area (Å²) in [4.78, 5) is 22.9. The SMILES string of the molecule is CC(=O)Nc1ccc(OCC(=O)NCCOc2ccc(-c3ccc(F)cc3)nn2)cc1. The molecule has 1 aromatic heterocycles. The van der Waals surface area contributed by atoms with Crippen LogP contribution in [0.5, 0.6) is 11.6 Å². The van der Waals surface area contributed by atoms with Gasteiger partial charge in [-0.15, -0.1) is 10.2 Å². The fourth-order valence-electron chi connectivity index (χ4n) is 2.56. The largest absolute Gasteiger partial charge is 0.484 e. The third-order valence-corrected chi connectivity index (χ3v) is 4.00. The fraction of sp³-hybridized carbons (Fsp3) is 0.182. The zero-order valence-electron chi connectivity index (χ0n) is 16.8. The second kappa shape index (κ2) is 10.7. The number of rotatable bonds is 9. The summed E-state index contributed by atoms with van der Waals surface area (Å²) in [6.45, 7) is 1.76. The lowest BCUT2D eigenvalue weighted by atomic mass is 10.1. The van der Waals surface area contributed by atoms with Gasteiger partial charge in [-0.2, -0.15) is 0 Å². The third kappa shape index (κ3) is 7.07. The number of anilines is 1. The van der Waals surface area contributed by atoms with Crippen LogP contribution in [-0.4, -0.2) is 41.8 Å². The molecule has 0 spiro atoms. The highest BCUT2D eigenvalue weighted by molar-refractivity contribution is 5.88. The highest BCUT2D eigenvalue weighted by Crippen LogP contribution is 2.18. The summed E-state index contributed by atoms with van der Waals surface area (Å²) in [5.41, 5.74) is 2.00. The average Bonchev–Trinajstić information content (AvgIpc) is 2.77. The first-order valence-electron chi connectivity index (χ1n) is 9.49. The highest BCUT2D eigenvalue weighted by Gasteiger charge is 2.05. The van der Waals surface area contributed by atoms with Gasteiger partial charge in [0, 0.05) is 24.2 Å². The molecule has 2 aromatic carbocycles. The van der Waals surface area contributed by atoms with Gasteiger partial charge in [0.2, 0.25) is 11.8 Å². The number of hydrogen-bond acceptors (Lipinski definition) is 6. The molecule has 2 amide bonds. The molecule has 8 nitrogen and oxygen atoms in total. The number of ether oxygens (including phenoxy) is 2. The van der Waals surface area contributed by atoms with Crippen LogP contribution in [0.1, 0.15) is 6.92 Å². The number of nitrogens with one attached hydrogen (secondary N) is 2. The Kier molecular flexibility index (Phi) is 7.47. The molecule has 1 heterocycles. The van der Waals surface area contributed by atoms with Crippen molar-refractivity contribution >= 4 is 17.5 Å². The first-order valence-corrected chi connectivity index (χ1v) is 9.49. The van der Waals surface area contributed by atoms with Crippen LogP contribution in [0.15, 0.2) is 60.7 Å². The number of benzene rings is 2. The number of nitrogens with zero attached hydrogens (tertiary/aromatic N) is 2. The Morgan fingerprint density at radius 1 is 0.935 bits per heavy atom. The quantitative estimate of drug-likeness (QED) is 0.512. The van der Waals surface area contributed by atoms with E-state index >= 15 is 0 Å². The van der Waals surface area contributed by atoms with Crippen LogP contribution < -0.4 is 20.1 Å². The van der Waals surface area contributed by atoms with Crippen LogP contribution >= 0.6 is 0 Å². The molecule has 0 saturated heterocycles. The van der Waals surface area contributed by atoms with Crippen LogP contribution in [0.3, 0.4) is 0 Å². The number of halogens is 1. The number of hydrogen-bond donors (Lipinski definition) is 2. The van der Waals surface area contributed by atoms with Gasteiger partial charge < -0.3 is 20.1 Å². The van der Waals surface area contributed by atoms with Crippen LogP contribution in [-0.2, 0) is 9.59 Å². The smallest absolute Gasteiger partial charge is 0.258 e. The molecule has 0 radical (unpaired) electrons. The van der Waals surface area contributed by atoms with Crippen LogP contribution in [0.25, 0.3) is 11.3 Å². The van der Waals surface area contributed by atoms with E-state index in [1.807, 2.05) is 0 Å². The monoisotopic (exact) mass is 424 g/mol. The summed E-state index contributed by atoms with van der Waals surface area (Å²) in [7, 11) is 0. The van der Waals surface area contributed by atoms with E-state index in [9.17, 15) is 14.0 Å². The van der Waals surface area contributed by atoms with Gasteiger partial charge in [0.05, 0.1) is 12.2 Å². The topological polar surface area (TPSA) is 102 Å². The van der Waals surface area contributed by atoms with Crippen LogP contribution in [0.4, 0.5) is 10.1 Å². The molecule has 0 atom stereocenters. The molecule has 0 unspecified atom stereocenters. The Morgan fingerprint density at radius 2 is 1.68 bits per heavy atom. The molecule has 2 N–H and O–H groups in total. The summed E-state index contributed by atoms with van der Waals surface area (Å²) < 4.78 is 23.8. The molecule has 9 heteroatoms. The van der Waals surface area contributed by atoms with E-state index in [-0.39, 0.29) is 37.4 Å². The van der Waals surface area contributed by atoms with E-state index in [0.29, 0.717) is 23.0 Å². The Balaban J connectivity index is 1.35. The van der Waals surface area contributed by atoms with Crippen molar-refractivity contribution in [3.63, 3.8) is 0 Å². The maximum Gasteiger partial charge on any atom is 0.258 e. The average molecular weight is 424 g/mol. The number of aromatic nitrogens is 2. The second-order valence-corrected chi connectivity index (χ2v) is 6.46. The molecule has 3 aromatic rings. The maximum atomic E-state index is 13.0. The first kappa shape index (κ1) is 21.7. The Hall–Kier alpha value is -4.01. The molecule has 160 valence electrons. The van der Waals surface area contributed by atoms with Crippen molar-refractivity contribution in [2.24, 2.45) is 0 Å². The lowest BCUT2D eigenvalue weighted by molar-refractivity contribution is -0.123. The molecular formula is C22H21FN4O4. The van der Waals surface area contributed by atoms with Gasteiger partial charge in [0.25, 0.3) is 5.91 Å². The molecule has 0 fully saturated rings.